The number of carbonyl (C=O) groups excluding carboxylic acids is 3. The molecule has 1 N–H and O–H groups in total. The zero-order chi connectivity index (χ0) is 22.5. The van der Waals surface area contributed by atoms with Crippen molar-refractivity contribution in [2.75, 3.05) is 24.8 Å². The van der Waals surface area contributed by atoms with E-state index < -0.39 is 17.5 Å². The lowest BCUT2D eigenvalue weighted by Crippen LogP contribution is -2.45. The molecule has 0 spiro atoms. The molecule has 4 amide bonds. The van der Waals surface area contributed by atoms with Gasteiger partial charge in [0.1, 0.15) is 12.1 Å². The van der Waals surface area contributed by atoms with Crippen LogP contribution in [0.1, 0.15) is 25.8 Å². The Hall–Kier alpha value is -3.20. The number of carbonyl (C=O) groups is 3. The third kappa shape index (κ3) is 3.37. The number of thioether (sulfide) groups is 1. The number of anilines is 1. The number of amides is 4. The highest BCUT2D eigenvalue weighted by Crippen LogP contribution is 2.39. The molecule has 2 atom stereocenters. The van der Waals surface area contributed by atoms with Crippen LogP contribution < -0.4 is 19.7 Å². The summed E-state index contributed by atoms with van der Waals surface area (Å²) >= 11 is 1.73. The van der Waals surface area contributed by atoms with E-state index in [0.29, 0.717) is 28.9 Å². The van der Waals surface area contributed by atoms with Crippen LogP contribution in [0.4, 0.5) is 10.5 Å². The number of fused-ring (bicyclic) bond motifs is 2. The van der Waals surface area contributed by atoms with Crippen LogP contribution in [0.25, 0.3) is 0 Å². The minimum absolute atomic E-state index is 0.116. The van der Waals surface area contributed by atoms with E-state index in [1.54, 1.807) is 41.8 Å². The Bertz CT molecular complexity index is 1120. The number of benzene rings is 2. The fourth-order valence-corrected chi connectivity index (χ4v) is 5.32. The van der Waals surface area contributed by atoms with Crippen LogP contribution in [0.3, 0.4) is 0 Å². The van der Waals surface area contributed by atoms with Crippen LogP contribution in [0, 0.1) is 0 Å². The smallest absolute Gasteiger partial charge is 0.325 e. The van der Waals surface area contributed by atoms with Gasteiger partial charge in [0, 0.05) is 16.7 Å². The Morgan fingerprint density at radius 2 is 1.97 bits per heavy atom. The summed E-state index contributed by atoms with van der Waals surface area (Å²) in [5, 5.41) is 3.11. The molecule has 1 saturated heterocycles. The molecule has 3 aliphatic heterocycles. The molecule has 2 aromatic rings. The molecule has 32 heavy (non-hydrogen) atoms. The second-order valence-corrected chi connectivity index (χ2v) is 9.73. The molecule has 2 aromatic carbocycles. The summed E-state index contributed by atoms with van der Waals surface area (Å²) in [6.07, 6.45) is 0.820. The molecule has 0 unspecified atom stereocenters. The minimum atomic E-state index is -1.29. The van der Waals surface area contributed by atoms with E-state index >= 15 is 0 Å². The highest BCUT2D eigenvalue weighted by Gasteiger charge is 2.50. The molecule has 0 radical (unpaired) electrons. The lowest BCUT2D eigenvalue weighted by Gasteiger charge is -2.25. The van der Waals surface area contributed by atoms with Gasteiger partial charge in [-0.1, -0.05) is 25.1 Å². The van der Waals surface area contributed by atoms with E-state index in [0.717, 1.165) is 21.9 Å². The average molecular weight is 454 g/mol. The molecule has 166 valence electrons. The molecule has 8 nitrogen and oxygen atoms in total. The Labute approximate surface area is 189 Å². The number of para-hydroxylation sites is 1. The molecular formula is C23H23N3O5S. The fourth-order valence-electron chi connectivity index (χ4n) is 4.21. The normalized spacial score (nSPS) is 24.2. The van der Waals surface area contributed by atoms with Crippen LogP contribution in [0.15, 0.2) is 47.4 Å². The molecule has 1 fully saturated rings. The molecule has 5 rings (SSSR count). The Morgan fingerprint density at radius 3 is 2.81 bits per heavy atom. The first-order valence-corrected chi connectivity index (χ1v) is 11.3. The van der Waals surface area contributed by atoms with Gasteiger partial charge in [0.05, 0.1) is 5.69 Å². The number of urea groups is 1. The predicted molar refractivity (Wildman–Crippen MR) is 119 cm³/mol. The third-order valence-corrected chi connectivity index (χ3v) is 7.30. The SMILES string of the molecule is C[C@H]1CCN(C(=O)CN2C(=O)N[C@@](C)(c3ccc4c(c3)OCO4)C2=O)c2ccccc2S1. The van der Waals surface area contributed by atoms with Crippen LogP contribution in [0.5, 0.6) is 11.5 Å². The van der Waals surface area contributed by atoms with Crippen molar-refractivity contribution in [3.63, 3.8) is 0 Å². The van der Waals surface area contributed by atoms with Gasteiger partial charge in [0.2, 0.25) is 12.7 Å². The van der Waals surface area contributed by atoms with Gasteiger partial charge in [0.25, 0.3) is 5.91 Å². The summed E-state index contributed by atoms with van der Waals surface area (Å²) in [5.41, 5.74) is 0.0946. The first-order chi connectivity index (χ1) is 15.4. The van der Waals surface area contributed by atoms with Gasteiger partial charge in [-0.2, -0.15) is 0 Å². The molecule has 0 bridgehead atoms. The average Bonchev–Trinajstić information content (AvgIpc) is 3.27. The number of hydrogen-bond acceptors (Lipinski definition) is 6. The maximum Gasteiger partial charge on any atom is 0.325 e. The van der Waals surface area contributed by atoms with Crippen molar-refractivity contribution in [3.05, 3.63) is 48.0 Å². The summed E-state index contributed by atoms with van der Waals surface area (Å²) in [6.45, 7) is 4.09. The third-order valence-electron chi connectivity index (χ3n) is 6.06. The lowest BCUT2D eigenvalue weighted by molar-refractivity contribution is -0.134. The van der Waals surface area contributed by atoms with Gasteiger partial charge in [-0.15, -0.1) is 11.8 Å². The second-order valence-electron chi connectivity index (χ2n) is 8.24. The molecule has 0 saturated carbocycles. The zero-order valence-corrected chi connectivity index (χ0v) is 18.6. The van der Waals surface area contributed by atoms with Crippen molar-refractivity contribution in [1.82, 2.24) is 10.2 Å². The maximum absolute atomic E-state index is 13.3. The van der Waals surface area contributed by atoms with Crippen molar-refractivity contribution in [2.45, 2.75) is 36.0 Å². The van der Waals surface area contributed by atoms with E-state index in [4.69, 9.17) is 9.47 Å². The van der Waals surface area contributed by atoms with E-state index in [2.05, 4.69) is 12.2 Å². The summed E-state index contributed by atoms with van der Waals surface area (Å²) in [6, 6.07) is 12.3. The van der Waals surface area contributed by atoms with E-state index in [9.17, 15) is 14.4 Å². The van der Waals surface area contributed by atoms with Gasteiger partial charge >= 0.3 is 6.03 Å². The summed E-state index contributed by atoms with van der Waals surface area (Å²) in [5.74, 6) is 0.354. The number of ether oxygens (including phenoxy) is 2. The van der Waals surface area contributed by atoms with Crippen LogP contribution in [0.2, 0.25) is 0 Å². The Balaban J connectivity index is 1.39. The van der Waals surface area contributed by atoms with Crippen molar-refractivity contribution in [3.8, 4) is 11.5 Å². The monoisotopic (exact) mass is 453 g/mol. The first kappa shape index (κ1) is 20.7. The van der Waals surface area contributed by atoms with Crippen molar-refractivity contribution in [1.29, 1.82) is 0 Å². The van der Waals surface area contributed by atoms with Gasteiger partial charge in [0.15, 0.2) is 11.5 Å². The summed E-state index contributed by atoms with van der Waals surface area (Å²) < 4.78 is 10.7. The van der Waals surface area contributed by atoms with E-state index in [1.165, 1.54) is 0 Å². The van der Waals surface area contributed by atoms with Crippen LogP contribution >= 0.6 is 11.8 Å². The topological polar surface area (TPSA) is 88.2 Å². The second kappa shape index (κ2) is 7.74. The molecule has 0 aromatic heterocycles. The molecule has 3 aliphatic rings. The zero-order valence-electron chi connectivity index (χ0n) is 17.8. The molecule has 0 aliphatic carbocycles. The van der Waals surface area contributed by atoms with Crippen LogP contribution in [-0.4, -0.2) is 47.9 Å². The minimum Gasteiger partial charge on any atom is -0.454 e. The number of rotatable bonds is 3. The highest BCUT2D eigenvalue weighted by atomic mass is 32.2. The number of nitrogens with zero attached hydrogens (tertiary/aromatic N) is 2. The predicted octanol–water partition coefficient (Wildman–Crippen LogP) is 3.10. The number of hydrogen-bond donors (Lipinski definition) is 1. The van der Waals surface area contributed by atoms with E-state index in [-0.39, 0.29) is 19.2 Å². The largest absolute Gasteiger partial charge is 0.454 e. The summed E-state index contributed by atoms with van der Waals surface area (Å²) in [7, 11) is 0. The number of imide groups is 1. The number of nitrogens with one attached hydrogen (secondary N) is 1. The Morgan fingerprint density at radius 1 is 1.19 bits per heavy atom. The van der Waals surface area contributed by atoms with Crippen molar-refractivity contribution >= 4 is 35.3 Å². The highest BCUT2D eigenvalue weighted by molar-refractivity contribution is 8.00. The van der Waals surface area contributed by atoms with Gasteiger partial charge < -0.3 is 19.7 Å². The lowest BCUT2D eigenvalue weighted by atomic mass is 9.91. The van der Waals surface area contributed by atoms with E-state index in [1.807, 2.05) is 24.3 Å². The molecule has 9 heteroatoms. The van der Waals surface area contributed by atoms with Gasteiger partial charge in [-0.05, 0) is 43.2 Å². The Kier molecular flexibility index (Phi) is 5.00. The quantitative estimate of drug-likeness (QED) is 0.719. The first-order valence-electron chi connectivity index (χ1n) is 10.5. The van der Waals surface area contributed by atoms with Gasteiger partial charge in [-0.3, -0.25) is 14.5 Å². The molecular weight excluding hydrogens is 430 g/mol. The summed E-state index contributed by atoms with van der Waals surface area (Å²) in [4.78, 5) is 43.0. The fraction of sp³-hybridized carbons (Fsp3) is 0.348. The van der Waals surface area contributed by atoms with Crippen molar-refractivity contribution in [2.24, 2.45) is 0 Å². The van der Waals surface area contributed by atoms with Crippen LogP contribution in [-0.2, 0) is 15.1 Å². The molecule has 3 heterocycles. The van der Waals surface area contributed by atoms with Crippen molar-refractivity contribution < 1.29 is 23.9 Å². The van der Waals surface area contributed by atoms with Gasteiger partial charge in [-0.25, -0.2) is 4.79 Å². The standard InChI is InChI=1S/C23H23N3O5S/c1-14-9-10-25(16-5-3-4-6-19(16)32-14)20(27)12-26-21(28)23(2,24-22(26)29)15-7-8-17-18(11-15)31-13-30-17/h3-8,11,14H,9-10,12-13H2,1-2H3,(H,24,29)/t14-,23-/m0/s1. The maximum atomic E-state index is 13.3.